The predicted molar refractivity (Wildman–Crippen MR) is 217 cm³/mol. The molecule has 0 spiro atoms. The molecule has 1 heterocycles. The maximum atomic E-state index is 14.0. The van der Waals surface area contributed by atoms with Crippen LogP contribution in [0.2, 0.25) is 0 Å². The molecule has 2 aromatic carbocycles. The Bertz CT molecular complexity index is 1710. The van der Waals surface area contributed by atoms with Crippen LogP contribution in [0.25, 0.3) is 0 Å². The highest BCUT2D eigenvalue weighted by atomic mass is 35.5. The average Bonchev–Trinajstić information content (AvgIpc) is 3.18. The van der Waals surface area contributed by atoms with Gasteiger partial charge in [0, 0.05) is 43.2 Å². The van der Waals surface area contributed by atoms with E-state index in [1.165, 1.54) is 0 Å². The summed E-state index contributed by atoms with van der Waals surface area (Å²) in [6.07, 6.45) is 9.73. The topological polar surface area (TPSA) is 136 Å². The molecule has 0 saturated heterocycles. The normalized spacial score (nSPS) is 24.6. The van der Waals surface area contributed by atoms with E-state index in [1.807, 2.05) is 52.0 Å². The molecular formula is C44H59ClN2O9. The number of aliphatic hydroxyl groups is 2. The highest BCUT2D eigenvalue weighted by Crippen LogP contribution is 2.62. The van der Waals surface area contributed by atoms with E-state index in [9.17, 15) is 19.8 Å². The zero-order valence-corrected chi connectivity index (χ0v) is 34.0. The van der Waals surface area contributed by atoms with Crippen molar-refractivity contribution in [1.82, 2.24) is 4.90 Å². The van der Waals surface area contributed by atoms with Crippen LogP contribution in [0.3, 0.4) is 0 Å². The van der Waals surface area contributed by atoms with Gasteiger partial charge < -0.3 is 34.0 Å². The highest BCUT2D eigenvalue weighted by molar-refractivity contribution is 6.18. The minimum absolute atomic E-state index is 0.0448. The molecule has 11 nitrogen and oxygen atoms in total. The number of aliphatic hydroxyl groups excluding tert-OH is 2. The Morgan fingerprint density at radius 2 is 1.84 bits per heavy atom. The zero-order valence-electron chi connectivity index (χ0n) is 33.3. The average molecular weight is 795 g/mol. The quantitative estimate of drug-likeness (QED) is 0.0443. The summed E-state index contributed by atoms with van der Waals surface area (Å²) in [5.41, 5.74) is 2.47. The van der Waals surface area contributed by atoms with E-state index < -0.39 is 29.4 Å². The van der Waals surface area contributed by atoms with Gasteiger partial charge in [-0.3, -0.25) is 9.69 Å². The fraction of sp³-hybridized carbons (Fsp3) is 0.568. The van der Waals surface area contributed by atoms with Crippen LogP contribution in [0.1, 0.15) is 101 Å². The number of benzene rings is 2. The van der Waals surface area contributed by atoms with E-state index in [1.54, 1.807) is 29.2 Å². The van der Waals surface area contributed by atoms with Gasteiger partial charge in [-0.1, -0.05) is 49.2 Å². The lowest BCUT2D eigenvalue weighted by molar-refractivity contribution is -0.255. The molecular weight excluding hydrogens is 736 g/mol. The van der Waals surface area contributed by atoms with Gasteiger partial charge in [0.1, 0.15) is 41.8 Å². The van der Waals surface area contributed by atoms with Crippen LogP contribution in [0.4, 0.5) is 4.79 Å². The highest BCUT2D eigenvalue weighted by Gasteiger charge is 2.65. The number of alkyl halides is 1. The molecule has 1 fully saturated rings. The number of aldehydes is 1. The molecule has 1 saturated carbocycles. The summed E-state index contributed by atoms with van der Waals surface area (Å²) >= 11 is 6.00. The van der Waals surface area contributed by atoms with Gasteiger partial charge in [0.15, 0.2) is 0 Å². The molecule has 0 radical (unpaired) electrons. The van der Waals surface area contributed by atoms with Crippen LogP contribution in [0.15, 0.2) is 71.9 Å². The van der Waals surface area contributed by atoms with Crippen LogP contribution in [-0.2, 0) is 14.3 Å². The molecule has 6 unspecified atom stereocenters. The maximum Gasteiger partial charge on any atom is 0.410 e. The summed E-state index contributed by atoms with van der Waals surface area (Å²) in [4.78, 5) is 33.5. The number of allylic oxidation sites excluding steroid dienone is 1. The van der Waals surface area contributed by atoms with Crippen molar-refractivity contribution in [1.29, 1.82) is 0 Å². The number of oxime groups is 1. The molecule has 0 bridgehead atoms. The number of ether oxygens (including phenoxy) is 4. The SMILES string of the molecule is C=CCOC12Oc3ccc(Oc4cccc(C=O)c4)cc3C3C(CCCCO)C(CCCCO)C=C(C(=NOC(C)(C)C)CC1N(CCC)C(=O)OCCCl)C32. The number of hydrogen-bond acceptors (Lipinski definition) is 10. The minimum Gasteiger partial charge on any atom is -0.459 e. The second-order valence-electron chi connectivity index (χ2n) is 15.8. The van der Waals surface area contributed by atoms with Crippen molar-refractivity contribution in [3.05, 3.63) is 77.9 Å². The van der Waals surface area contributed by atoms with Crippen molar-refractivity contribution in [2.24, 2.45) is 22.9 Å². The van der Waals surface area contributed by atoms with Gasteiger partial charge in [0.25, 0.3) is 0 Å². The number of fused-ring (bicyclic) bond motifs is 2. The largest absolute Gasteiger partial charge is 0.459 e. The Hall–Kier alpha value is -3.90. The second-order valence-corrected chi connectivity index (χ2v) is 16.1. The standard InChI is InChI=1S/C44H59ClN2O9/c1-6-20-47(42(51)52-24-19-45)39-28-37(46-56-43(3,4)5)35-26-31(14-8-10-21-48)34(16-9-11-22-49)40-36-27-33(54-32-15-12-13-30(25-32)29-50)17-18-38(36)55-44(39,41(35)40)53-23-7-2/h7,12-13,15,17-18,25-27,29,31,34,39-41,48-49H,2,6,8-11,14,16,19-24,28H2,1,3-5H3. The number of carbonyl (C=O) groups excluding carboxylic acids is 2. The third-order valence-electron chi connectivity index (χ3n) is 10.7. The molecule has 5 rings (SSSR count). The monoisotopic (exact) mass is 794 g/mol. The zero-order chi connectivity index (χ0) is 40.3. The van der Waals surface area contributed by atoms with E-state index in [-0.39, 0.29) is 56.5 Å². The van der Waals surface area contributed by atoms with Crippen molar-refractivity contribution in [2.75, 3.05) is 38.9 Å². The Kier molecular flexibility index (Phi) is 15.4. The smallest absolute Gasteiger partial charge is 0.410 e. The summed E-state index contributed by atoms with van der Waals surface area (Å²) in [7, 11) is 0. The van der Waals surface area contributed by atoms with Crippen LogP contribution in [0, 0.1) is 17.8 Å². The van der Waals surface area contributed by atoms with Crippen LogP contribution >= 0.6 is 11.6 Å². The first-order chi connectivity index (χ1) is 27.0. The van der Waals surface area contributed by atoms with Crippen LogP contribution < -0.4 is 9.47 Å². The Labute approximate surface area is 336 Å². The number of rotatable bonds is 20. The number of unbranched alkanes of at least 4 members (excludes halogenated alkanes) is 2. The Morgan fingerprint density at radius 3 is 2.52 bits per heavy atom. The van der Waals surface area contributed by atoms with Gasteiger partial charge in [-0.05, 0) is 101 Å². The van der Waals surface area contributed by atoms with Crippen molar-refractivity contribution in [2.45, 2.75) is 102 Å². The molecule has 2 aromatic rings. The van der Waals surface area contributed by atoms with E-state index in [4.69, 9.17) is 40.5 Å². The van der Waals surface area contributed by atoms with E-state index in [2.05, 4.69) is 12.7 Å². The van der Waals surface area contributed by atoms with Gasteiger partial charge >= 0.3 is 6.09 Å². The van der Waals surface area contributed by atoms with Crippen molar-refractivity contribution < 1.29 is 43.6 Å². The minimum atomic E-state index is -1.40. The lowest BCUT2D eigenvalue weighted by atomic mass is 9.55. The fourth-order valence-electron chi connectivity index (χ4n) is 8.52. The Morgan fingerprint density at radius 1 is 1.09 bits per heavy atom. The lowest BCUT2D eigenvalue weighted by Crippen LogP contribution is -2.70. The molecule has 12 heteroatoms. The molecule has 0 aromatic heterocycles. The van der Waals surface area contributed by atoms with Gasteiger partial charge in [-0.2, -0.15) is 0 Å². The van der Waals surface area contributed by atoms with E-state index in [0.717, 1.165) is 43.1 Å². The van der Waals surface area contributed by atoms with E-state index in [0.29, 0.717) is 54.3 Å². The van der Waals surface area contributed by atoms with E-state index >= 15 is 0 Å². The second kappa shape index (κ2) is 20.0. The molecule has 6 atom stereocenters. The molecule has 3 aliphatic rings. The summed E-state index contributed by atoms with van der Waals surface area (Å²) in [5.74, 6) is -0.126. The first-order valence-corrected chi connectivity index (χ1v) is 20.6. The Balaban J connectivity index is 1.79. The van der Waals surface area contributed by atoms with Gasteiger partial charge in [0.2, 0.25) is 5.79 Å². The van der Waals surface area contributed by atoms with Gasteiger partial charge in [-0.15, -0.1) is 18.2 Å². The number of nitrogens with zero attached hydrogens (tertiary/aromatic N) is 2. The predicted octanol–water partition coefficient (Wildman–Crippen LogP) is 8.81. The molecule has 56 heavy (non-hydrogen) atoms. The first kappa shape index (κ1) is 43.2. The maximum absolute atomic E-state index is 14.0. The molecule has 2 N–H and O–H groups in total. The summed E-state index contributed by atoms with van der Waals surface area (Å²) in [6.45, 7) is 12.6. The molecule has 306 valence electrons. The fourth-order valence-corrected chi connectivity index (χ4v) is 8.59. The number of carbonyl (C=O) groups is 2. The van der Waals surface area contributed by atoms with Gasteiger partial charge in [-0.25, -0.2) is 4.79 Å². The number of amides is 1. The lowest BCUT2D eigenvalue weighted by Gasteiger charge is -2.60. The first-order valence-electron chi connectivity index (χ1n) is 20.0. The summed E-state index contributed by atoms with van der Waals surface area (Å²) in [5, 5.41) is 24.6. The van der Waals surface area contributed by atoms with Crippen LogP contribution in [-0.4, -0.2) is 89.5 Å². The van der Waals surface area contributed by atoms with Crippen molar-refractivity contribution in [3.63, 3.8) is 0 Å². The molecule has 2 aliphatic carbocycles. The summed E-state index contributed by atoms with van der Waals surface area (Å²) < 4.78 is 26.3. The molecule has 1 amide bonds. The van der Waals surface area contributed by atoms with Crippen molar-refractivity contribution >= 4 is 29.7 Å². The van der Waals surface area contributed by atoms with Gasteiger partial charge in [0.05, 0.1) is 24.1 Å². The number of hydrogen-bond donors (Lipinski definition) is 2. The number of halogens is 1. The molecule has 1 aliphatic heterocycles. The van der Waals surface area contributed by atoms with Crippen molar-refractivity contribution in [3.8, 4) is 17.2 Å². The summed E-state index contributed by atoms with van der Waals surface area (Å²) in [6, 6.07) is 12.1. The third kappa shape index (κ3) is 9.96. The third-order valence-corrected chi connectivity index (χ3v) is 10.8. The van der Waals surface area contributed by atoms with Crippen LogP contribution in [0.5, 0.6) is 17.2 Å².